The molecule has 0 unspecified atom stereocenters. The Hall–Kier alpha value is -2.03. The highest BCUT2D eigenvalue weighted by molar-refractivity contribution is 5.42. The molecule has 20 heavy (non-hydrogen) atoms. The minimum Gasteiger partial charge on any atom is -0.492 e. The molecule has 2 aromatic rings. The SMILES string of the molecule is CCCc1ccc(OCCNc2ccc(F)cc2)cc1. The van der Waals surface area contributed by atoms with Crippen molar-refractivity contribution in [3.63, 3.8) is 0 Å². The van der Waals surface area contributed by atoms with E-state index in [2.05, 4.69) is 24.4 Å². The lowest BCUT2D eigenvalue weighted by atomic mass is 10.1. The Kier molecular flexibility index (Phi) is 5.42. The van der Waals surface area contributed by atoms with Gasteiger partial charge in [-0.2, -0.15) is 0 Å². The highest BCUT2D eigenvalue weighted by atomic mass is 19.1. The van der Waals surface area contributed by atoms with E-state index in [9.17, 15) is 4.39 Å². The molecule has 0 spiro atoms. The molecular formula is C17H20FNO. The van der Waals surface area contributed by atoms with Crippen LogP contribution < -0.4 is 10.1 Å². The van der Waals surface area contributed by atoms with Gasteiger partial charge in [-0.15, -0.1) is 0 Å². The number of ether oxygens (including phenoxy) is 1. The monoisotopic (exact) mass is 273 g/mol. The van der Waals surface area contributed by atoms with E-state index in [4.69, 9.17) is 4.74 Å². The van der Waals surface area contributed by atoms with Gasteiger partial charge in [-0.05, 0) is 48.4 Å². The van der Waals surface area contributed by atoms with Gasteiger partial charge >= 0.3 is 0 Å². The molecule has 2 nitrogen and oxygen atoms in total. The van der Waals surface area contributed by atoms with Gasteiger partial charge in [-0.1, -0.05) is 25.5 Å². The van der Waals surface area contributed by atoms with E-state index < -0.39 is 0 Å². The number of hydrogen-bond donors (Lipinski definition) is 1. The Bertz CT molecular complexity index is 508. The molecule has 0 saturated heterocycles. The van der Waals surface area contributed by atoms with Gasteiger partial charge in [0, 0.05) is 12.2 Å². The number of hydrogen-bond acceptors (Lipinski definition) is 2. The van der Waals surface area contributed by atoms with E-state index >= 15 is 0 Å². The lowest BCUT2D eigenvalue weighted by Gasteiger charge is -2.09. The first-order valence-electron chi connectivity index (χ1n) is 6.99. The first-order valence-corrected chi connectivity index (χ1v) is 6.99. The molecule has 0 aliphatic heterocycles. The molecule has 2 aromatic carbocycles. The fourth-order valence-corrected chi connectivity index (χ4v) is 1.97. The van der Waals surface area contributed by atoms with Gasteiger partial charge in [-0.3, -0.25) is 0 Å². The lowest BCUT2D eigenvalue weighted by Crippen LogP contribution is -2.11. The van der Waals surface area contributed by atoms with E-state index in [1.165, 1.54) is 17.7 Å². The van der Waals surface area contributed by atoms with Crippen LogP contribution in [-0.2, 0) is 6.42 Å². The van der Waals surface area contributed by atoms with Crippen molar-refractivity contribution < 1.29 is 9.13 Å². The summed E-state index contributed by atoms with van der Waals surface area (Å²) in [6.07, 6.45) is 2.26. The van der Waals surface area contributed by atoms with Crippen LogP contribution in [0.1, 0.15) is 18.9 Å². The van der Waals surface area contributed by atoms with Gasteiger partial charge in [0.15, 0.2) is 0 Å². The minimum atomic E-state index is -0.223. The van der Waals surface area contributed by atoms with Gasteiger partial charge in [0.2, 0.25) is 0 Å². The van der Waals surface area contributed by atoms with Gasteiger partial charge in [-0.25, -0.2) is 4.39 Å². The van der Waals surface area contributed by atoms with Gasteiger partial charge in [0.1, 0.15) is 18.2 Å². The van der Waals surface area contributed by atoms with Crippen molar-refractivity contribution in [1.82, 2.24) is 0 Å². The van der Waals surface area contributed by atoms with Crippen molar-refractivity contribution in [3.05, 3.63) is 59.9 Å². The second-order valence-corrected chi connectivity index (χ2v) is 4.68. The second kappa shape index (κ2) is 7.53. The van der Waals surface area contributed by atoms with Crippen molar-refractivity contribution in [2.45, 2.75) is 19.8 Å². The molecule has 0 aliphatic rings. The molecule has 0 bridgehead atoms. The lowest BCUT2D eigenvalue weighted by molar-refractivity contribution is 0.333. The largest absolute Gasteiger partial charge is 0.492 e. The zero-order valence-corrected chi connectivity index (χ0v) is 11.7. The summed E-state index contributed by atoms with van der Waals surface area (Å²) in [6.45, 7) is 3.43. The molecule has 0 radical (unpaired) electrons. The van der Waals surface area contributed by atoms with Crippen LogP contribution in [0.5, 0.6) is 5.75 Å². The minimum absolute atomic E-state index is 0.223. The van der Waals surface area contributed by atoms with Crippen LogP contribution in [0.25, 0.3) is 0 Å². The Labute approximate surface area is 119 Å². The van der Waals surface area contributed by atoms with E-state index in [-0.39, 0.29) is 5.82 Å². The van der Waals surface area contributed by atoms with Crippen molar-refractivity contribution in [3.8, 4) is 5.75 Å². The van der Waals surface area contributed by atoms with Crippen LogP contribution in [0.2, 0.25) is 0 Å². The summed E-state index contributed by atoms with van der Waals surface area (Å²) in [5.74, 6) is 0.657. The summed E-state index contributed by atoms with van der Waals surface area (Å²) in [5.41, 5.74) is 2.23. The summed E-state index contributed by atoms with van der Waals surface area (Å²) in [6, 6.07) is 14.5. The molecular weight excluding hydrogens is 253 g/mol. The summed E-state index contributed by atoms with van der Waals surface area (Å²) in [7, 11) is 0. The fourth-order valence-electron chi connectivity index (χ4n) is 1.97. The van der Waals surface area contributed by atoms with Gasteiger partial charge in [0.25, 0.3) is 0 Å². The maximum absolute atomic E-state index is 12.7. The third-order valence-electron chi connectivity index (χ3n) is 3.01. The summed E-state index contributed by atoms with van der Waals surface area (Å²) in [4.78, 5) is 0. The quantitative estimate of drug-likeness (QED) is 0.761. The van der Waals surface area contributed by atoms with Crippen LogP contribution in [0.15, 0.2) is 48.5 Å². The molecule has 0 fully saturated rings. The number of benzene rings is 2. The predicted octanol–water partition coefficient (Wildman–Crippen LogP) is 4.27. The third kappa shape index (κ3) is 4.57. The van der Waals surface area contributed by atoms with E-state index in [0.717, 1.165) is 24.3 Å². The van der Waals surface area contributed by atoms with Crippen LogP contribution in [0.4, 0.5) is 10.1 Å². The second-order valence-electron chi connectivity index (χ2n) is 4.68. The molecule has 1 N–H and O–H groups in total. The average molecular weight is 273 g/mol. The Morgan fingerprint density at radius 3 is 2.35 bits per heavy atom. The highest BCUT2D eigenvalue weighted by Gasteiger charge is 1.96. The predicted molar refractivity (Wildman–Crippen MR) is 80.8 cm³/mol. The molecule has 0 amide bonds. The Morgan fingerprint density at radius 1 is 1.00 bits per heavy atom. The molecule has 0 aliphatic carbocycles. The van der Waals surface area contributed by atoms with Crippen molar-refractivity contribution >= 4 is 5.69 Å². The van der Waals surface area contributed by atoms with Crippen LogP contribution in [-0.4, -0.2) is 13.2 Å². The number of aryl methyl sites for hydroxylation is 1. The van der Waals surface area contributed by atoms with Crippen molar-refractivity contribution in [2.75, 3.05) is 18.5 Å². The first-order chi connectivity index (χ1) is 9.78. The maximum Gasteiger partial charge on any atom is 0.123 e. The van der Waals surface area contributed by atoms with E-state index in [1.54, 1.807) is 12.1 Å². The summed E-state index contributed by atoms with van der Waals surface area (Å²) >= 11 is 0. The molecule has 3 heteroatoms. The summed E-state index contributed by atoms with van der Waals surface area (Å²) < 4.78 is 18.4. The fraction of sp³-hybridized carbons (Fsp3) is 0.294. The standard InChI is InChI=1S/C17H20FNO/c1-2-3-14-4-10-17(11-5-14)20-13-12-19-16-8-6-15(18)7-9-16/h4-11,19H,2-3,12-13H2,1H3. The zero-order valence-electron chi connectivity index (χ0n) is 11.7. The number of nitrogens with one attached hydrogen (secondary N) is 1. The first kappa shape index (κ1) is 14.4. The number of rotatable bonds is 7. The topological polar surface area (TPSA) is 21.3 Å². The number of halogens is 1. The molecule has 2 rings (SSSR count). The smallest absolute Gasteiger partial charge is 0.123 e. The highest BCUT2D eigenvalue weighted by Crippen LogP contribution is 2.13. The maximum atomic E-state index is 12.7. The van der Waals surface area contributed by atoms with E-state index in [0.29, 0.717) is 13.2 Å². The number of anilines is 1. The van der Waals surface area contributed by atoms with Crippen molar-refractivity contribution in [2.24, 2.45) is 0 Å². The average Bonchev–Trinajstić information content (AvgIpc) is 2.47. The van der Waals surface area contributed by atoms with Crippen LogP contribution in [0.3, 0.4) is 0 Å². The van der Waals surface area contributed by atoms with Gasteiger partial charge in [0.05, 0.1) is 0 Å². The van der Waals surface area contributed by atoms with Gasteiger partial charge < -0.3 is 10.1 Å². The van der Waals surface area contributed by atoms with Crippen LogP contribution in [0, 0.1) is 5.82 Å². The van der Waals surface area contributed by atoms with Crippen LogP contribution >= 0.6 is 0 Å². The molecule has 0 aromatic heterocycles. The Balaban J connectivity index is 1.71. The normalized spacial score (nSPS) is 10.3. The molecule has 0 atom stereocenters. The molecule has 0 heterocycles. The summed E-state index contributed by atoms with van der Waals surface area (Å²) in [5, 5.41) is 3.18. The Morgan fingerprint density at radius 2 is 1.70 bits per heavy atom. The third-order valence-corrected chi connectivity index (χ3v) is 3.01. The van der Waals surface area contributed by atoms with Crippen molar-refractivity contribution in [1.29, 1.82) is 0 Å². The van der Waals surface area contributed by atoms with E-state index in [1.807, 2.05) is 12.1 Å². The molecule has 0 saturated carbocycles. The zero-order chi connectivity index (χ0) is 14.2. The molecule has 106 valence electrons.